The molecule has 0 heterocycles. The van der Waals surface area contributed by atoms with Crippen LogP contribution in [0.15, 0.2) is 54.1 Å². The van der Waals surface area contributed by atoms with Gasteiger partial charge in [-0.3, -0.25) is 4.79 Å². The van der Waals surface area contributed by atoms with E-state index in [0.717, 1.165) is 30.4 Å². The molecule has 35 heavy (non-hydrogen) atoms. The van der Waals surface area contributed by atoms with Crippen molar-refractivity contribution in [2.75, 3.05) is 0 Å². The van der Waals surface area contributed by atoms with Gasteiger partial charge >= 0.3 is 0 Å². The summed E-state index contributed by atoms with van der Waals surface area (Å²) in [7, 11) is 0. The number of carbonyl (C=O) groups is 1. The molecular weight excluding hydrogens is 436 g/mol. The Morgan fingerprint density at radius 3 is 2.09 bits per heavy atom. The molecule has 0 aliphatic heterocycles. The predicted octanol–water partition coefficient (Wildman–Crippen LogP) is 6.14. The maximum atomic E-state index is 12.2. The van der Waals surface area contributed by atoms with Gasteiger partial charge in [-0.2, -0.15) is 0 Å². The third kappa shape index (κ3) is 11.2. The molecule has 3 N–H and O–H groups in total. The van der Waals surface area contributed by atoms with Gasteiger partial charge < -0.3 is 15.3 Å². The van der Waals surface area contributed by atoms with Gasteiger partial charge in [0.1, 0.15) is 0 Å². The van der Waals surface area contributed by atoms with E-state index in [0.29, 0.717) is 12.8 Å². The van der Waals surface area contributed by atoms with Gasteiger partial charge in [-0.05, 0) is 43.2 Å². The Morgan fingerprint density at radius 1 is 0.886 bits per heavy atom. The van der Waals surface area contributed by atoms with Crippen LogP contribution in [0.25, 0.3) is 0 Å². The minimum Gasteiger partial charge on any atom is -0.392 e. The number of allylic oxidation sites excluding steroid dienone is 2. The summed E-state index contributed by atoms with van der Waals surface area (Å²) in [5.41, 5.74) is 2.09. The van der Waals surface area contributed by atoms with Gasteiger partial charge in [0.2, 0.25) is 0 Å². The van der Waals surface area contributed by atoms with E-state index in [1.54, 1.807) is 12.2 Å². The number of benzene rings is 1. The molecule has 0 saturated carbocycles. The van der Waals surface area contributed by atoms with E-state index in [-0.39, 0.29) is 35.4 Å². The van der Waals surface area contributed by atoms with E-state index in [1.807, 2.05) is 65.0 Å². The fourth-order valence-corrected chi connectivity index (χ4v) is 4.89. The molecule has 0 spiro atoms. The second-order valence-electron chi connectivity index (χ2n) is 10.9. The highest BCUT2D eigenvalue weighted by atomic mass is 16.3. The molecule has 0 aromatic heterocycles. The van der Waals surface area contributed by atoms with E-state index in [2.05, 4.69) is 19.9 Å². The first-order valence-corrected chi connectivity index (χ1v) is 13.4. The number of rotatable bonds is 16. The predicted molar refractivity (Wildman–Crippen MR) is 146 cm³/mol. The second kappa shape index (κ2) is 16.1. The summed E-state index contributed by atoms with van der Waals surface area (Å²) >= 11 is 0. The van der Waals surface area contributed by atoms with E-state index in [9.17, 15) is 20.1 Å². The molecule has 8 atom stereocenters. The van der Waals surface area contributed by atoms with Gasteiger partial charge in [-0.15, -0.1) is 0 Å². The van der Waals surface area contributed by atoms with Gasteiger partial charge in [0.05, 0.1) is 18.3 Å². The van der Waals surface area contributed by atoms with Crippen LogP contribution < -0.4 is 0 Å². The molecule has 4 nitrogen and oxygen atoms in total. The Labute approximate surface area is 214 Å². The second-order valence-corrected chi connectivity index (χ2v) is 10.9. The van der Waals surface area contributed by atoms with Gasteiger partial charge in [0.15, 0.2) is 5.78 Å². The van der Waals surface area contributed by atoms with Crippen LogP contribution in [0.3, 0.4) is 0 Å². The maximum absolute atomic E-state index is 12.2. The van der Waals surface area contributed by atoms with Crippen molar-refractivity contribution < 1.29 is 20.1 Å². The molecule has 198 valence electrons. The topological polar surface area (TPSA) is 77.8 Å². The Hall–Kier alpha value is -1.75. The summed E-state index contributed by atoms with van der Waals surface area (Å²) in [6.45, 7) is 14.1. The molecule has 4 heteroatoms. The van der Waals surface area contributed by atoms with Gasteiger partial charge in [0.25, 0.3) is 0 Å². The lowest BCUT2D eigenvalue weighted by molar-refractivity contribution is -0.114. The van der Waals surface area contributed by atoms with Crippen LogP contribution in [0, 0.1) is 29.6 Å². The van der Waals surface area contributed by atoms with Crippen LogP contribution in [-0.2, 0) is 11.2 Å². The SMILES string of the molecule is CCCC[C@H](C)[C@H](O)[C@@H](C)[C@H](O)[C@@H](C)C/C(C)=C\[C@H](C)[C@@H](O)[C@@H](C)/C=C\C(=O)Cc1ccccc1. The molecule has 1 rings (SSSR count). The van der Waals surface area contributed by atoms with E-state index in [4.69, 9.17) is 0 Å². The summed E-state index contributed by atoms with van der Waals surface area (Å²) in [4.78, 5) is 12.2. The first kappa shape index (κ1) is 31.3. The third-order valence-corrected chi connectivity index (χ3v) is 7.33. The van der Waals surface area contributed by atoms with E-state index in [1.165, 1.54) is 0 Å². The van der Waals surface area contributed by atoms with Crippen molar-refractivity contribution in [3.8, 4) is 0 Å². The summed E-state index contributed by atoms with van der Waals surface area (Å²) in [5.74, 6) is -0.222. The van der Waals surface area contributed by atoms with Crippen LogP contribution in [0.1, 0.15) is 79.7 Å². The van der Waals surface area contributed by atoms with E-state index < -0.39 is 18.3 Å². The highest BCUT2D eigenvalue weighted by Gasteiger charge is 2.30. The zero-order valence-corrected chi connectivity index (χ0v) is 23.0. The van der Waals surface area contributed by atoms with Crippen molar-refractivity contribution in [3.63, 3.8) is 0 Å². The molecule has 0 fully saturated rings. The van der Waals surface area contributed by atoms with Crippen LogP contribution in [0.2, 0.25) is 0 Å². The number of hydrogen-bond donors (Lipinski definition) is 3. The lowest BCUT2D eigenvalue weighted by Crippen LogP contribution is -2.37. The lowest BCUT2D eigenvalue weighted by Gasteiger charge is -2.32. The Kier molecular flexibility index (Phi) is 14.4. The Bertz CT molecular complexity index is 784. The highest BCUT2D eigenvalue weighted by molar-refractivity contribution is 5.91. The fraction of sp³-hybridized carbons (Fsp3) is 0.645. The van der Waals surface area contributed by atoms with Crippen molar-refractivity contribution >= 4 is 5.78 Å². The molecule has 1 aromatic rings. The maximum Gasteiger partial charge on any atom is 0.159 e. The number of carbonyl (C=O) groups excluding carboxylic acids is 1. The molecule has 0 amide bonds. The smallest absolute Gasteiger partial charge is 0.159 e. The lowest BCUT2D eigenvalue weighted by atomic mass is 9.80. The molecule has 0 saturated heterocycles. The molecule has 0 bridgehead atoms. The number of aliphatic hydroxyl groups is 3. The average molecular weight is 487 g/mol. The van der Waals surface area contributed by atoms with Gasteiger partial charge in [-0.1, -0.05) is 102 Å². The Balaban J connectivity index is 2.61. The summed E-state index contributed by atoms with van der Waals surface area (Å²) in [6, 6.07) is 9.65. The molecule has 1 aromatic carbocycles. The normalized spacial score (nSPS) is 19.5. The van der Waals surface area contributed by atoms with Crippen LogP contribution in [0.4, 0.5) is 0 Å². The molecule has 0 aliphatic rings. The number of ketones is 1. The van der Waals surface area contributed by atoms with Crippen molar-refractivity contribution in [2.45, 2.75) is 98.9 Å². The van der Waals surface area contributed by atoms with Crippen LogP contribution in [-0.4, -0.2) is 39.4 Å². The van der Waals surface area contributed by atoms with Crippen LogP contribution in [0.5, 0.6) is 0 Å². The zero-order valence-electron chi connectivity index (χ0n) is 23.0. The zero-order chi connectivity index (χ0) is 26.5. The highest BCUT2D eigenvalue weighted by Crippen LogP contribution is 2.28. The van der Waals surface area contributed by atoms with Crippen LogP contribution >= 0.6 is 0 Å². The molecule has 0 unspecified atom stereocenters. The number of aliphatic hydroxyl groups excluding tert-OH is 3. The van der Waals surface area contributed by atoms with Crippen molar-refractivity contribution in [3.05, 3.63) is 59.7 Å². The molecule has 0 aliphatic carbocycles. The monoisotopic (exact) mass is 486 g/mol. The third-order valence-electron chi connectivity index (χ3n) is 7.33. The van der Waals surface area contributed by atoms with E-state index >= 15 is 0 Å². The quantitative estimate of drug-likeness (QED) is 0.194. The summed E-state index contributed by atoms with van der Waals surface area (Å²) in [5, 5.41) is 32.3. The largest absolute Gasteiger partial charge is 0.392 e. The van der Waals surface area contributed by atoms with Crippen molar-refractivity contribution in [1.29, 1.82) is 0 Å². The number of unbranched alkanes of at least 4 members (excludes halogenated alkanes) is 1. The minimum atomic E-state index is -0.605. The van der Waals surface area contributed by atoms with Gasteiger partial charge in [0, 0.05) is 24.2 Å². The average Bonchev–Trinajstić information content (AvgIpc) is 2.84. The molecular formula is C31H50O4. The molecule has 0 radical (unpaired) electrons. The first-order chi connectivity index (χ1) is 16.5. The standard InChI is InChI=1S/C31H50O4/c1-8-9-13-22(3)30(34)26(7)31(35)25(6)19-21(2)18-24(5)29(33)23(4)16-17-28(32)20-27-14-11-10-12-15-27/h10-12,14-18,22-26,29-31,33-35H,8-9,13,19-20H2,1-7H3/b17-16-,21-18-/t22-,23-,24-,25-,26+,29-,30-,31+/m0/s1. The fourth-order valence-electron chi connectivity index (χ4n) is 4.89. The summed E-state index contributed by atoms with van der Waals surface area (Å²) < 4.78 is 0. The first-order valence-electron chi connectivity index (χ1n) is 13.4. The van der Waals surface area contributed by atoms with Gasteiger partial charge in [-0.25, -0.2) is 0 Å². The number of hydrogen-bond acceptors (Lipinski definition) is 4. The summed E-state index contributed by atoms with van der Waals surface area (Å²) in [6.07, 6.45) is 7.98. The van der Waals surface area contributed by atoms with Crippen molar-refractivity contribution in [2.24, 2.45) is 29.6 Å². The van der Waals surface area contributed by atoms with Crippen molar-refractivity contribution in [1.82, 2.24) is 0 Å². The Morgan fingerprint density at radius 2 is 1.49 bits per heavy atom. The minimum absolute atomic E-state index is 0.00606.